The van der Waals surface area contributed by atoms with Gasteiger partial charge in [0, 0.05) is 6.54 Å². The lowest BCUT2D eigenvalue weighted by Gasteiger charge is -2.20. The lowest BCUT2D eigenvalue weighted by atomic mass is 9.86. The predicted octanol–water partition coefficient (Wildman–Crippen LogP) is 5.87. The average molecular weight is 355 g/mol. The minimum Gasteiger partial charge on any atom is -0.317 e. The molecule has 0 aromatic heterocycles. The fourth-order valence-corrected chi connectivity index (χ4v) is 3.21. The Morgan fingerprint density at radius 2 is 1.64 bits per heavy atom. The number of rotatable bonds is 18. The van der Waals surface area contributed by atoms with Crippen LogP contribution >= 0.6 is 0 Å². The average Bonchev–Trinajstić information content (AvgIpc) is 2.60. The van der Waals surface area contributed by atoms with Crippen LogP contribution in [0.3, 0.4) is 0 Å². The van der Waals surface area contributed by atoms with Crippen LogP contribution in [0, 0.1) is 11.8 Å². The SMILES string of the molecule is CC/C=C(\CCCC(C)C(C)CCCCCNCCC)CNOCC. The van der Waals surface area contributed by atoms with Crippen LogP contribution in [0.1, 0.15) is 92.4 Å². The lowest BCUT2D eigenvalue weighted by molar-refractivity contribution is 0.0566. The third-order valence-electron chi connectivity index (χ3n) is 5.11. The molecule has 0 amide bonds. The zero-order chi connectivity index (χ0) is 18.8. The lowest BCUT2D eigenvalue weighted by Crippen LogP contribution is -2.18. The van der Waals surface area contributed by atoms with Gasteiger partial charge in [0.25, 0.3) is 0 Å². The Morgan fingerprint density at radius 3 is 2.28 bits per heavy atom. The summed E-state index contributed by atoms with van der Waals surface area (Å²) in [5, 5.41) is 3.49. The maximum atomic E-state index is 5.27. The molecule has 0 aromatic rings. The minimum atomic E-state index is 0.725. The van der Waals surface area contributed by atoms with Crippen molar-refractivity contribution < 1.29 is 4.84 Å². The highest BCUT2D eigenvalue weighted by Crippen LogP contribution is 2.24. The van der Waals surface area contributed by atoms with E-state index in [4.69, 9.17) is 4.84 Å². The summed E-state index contributed by atoms with van der Waals surface area (Å²) in [6.45, 7) is 15.3. The molecule has 25 heavy (non-hydrogen) atoms. The quantitative estimate of drug-likeness (QED) is 0.183. The first-order valence-corrected chi connectivity index (χ1v) is 10.9. The number of hydrogen-bond acceptors (Lipinski definition) is 3. The van der Waals surface area contributed by atoms with E-state index < -0.39 is 0 Å². The molecule has 0 aromatic carbocycles. The molecular formula is C22H46N2O. The van der Waals surface area contributed by atoms with Crippen molar-refractivity contribution in [3.63, 3.8) is 0 Å². The van der Waals surface area contributed by atoms with Crippen molar-refractivity contribution in [3.05, 3.63) is 11.6 Å². The smallest absolute Gasteiger partial charge is 0.0654 e. The van der Waals surface area contributed by atoms with Gasteiger partial charge in [0.2, 0.25) is 0 Å². The highest BCUT2D eigenvalue weighted by atomic mass is 16.6. The molecule has 0 aliphatic rings. The minimum absolute atomic E-state index is 0.725. The maximum absolute atomic E-state index is 5.27. The van der Waals surface area contributed by atoms with Gasteiger partial charge >= 0.3 is 0 Å². The van der Waals surface area contributed by atoms with Crippen LogP contribution in [-0.4, -0.2) is 26.2 Å². The zero-order valence-corrected chi connectivity index (χ0v) is 17.8. The van der Waals surface area contributed by atoms with Crippen molar-refractivity contribution >= 4 is 0 Å². The Morgan fingerprint density at radius 1 is 0.920 bits per heavy atom. The predicted molar refractivity (Wildman–Crippen MR) is 112 cm³/mol. The topological polar surface area (TPSA) is 33.3 Å². The van der Waals surface area contributed by atoms with Crippen molar-refractivity contribution in [1.82, 2.24) is 10.8 Å². The molecule has 0 aliphatic heterocycles. The summed E-state index contributed by atoms with van der Waals surface area (Å²) < 4.78 is 0. The molecule has 0 spiro atoms. The fraction of sp³-hybridized carbons (Fsp3) is 0.909. The second-order valence-electron chi connectivity index (χ2n) is 7.47. The number of allylic oxidation sites excluding steroid dienone is 1. The summed E-state index contributed by atoms with van der Waals surface area (Å²) in [5.74, 6) is 1.68. The Balaban J connectivity index is 3.76. The molecule has 0 heterocycles. The molecule has 0 saturated carbocycles. The molecule has 2 unspecified atom stereocenters. The summed E-state index contributed by atoms with van der Waals surface area (Å²) in [6, 6.07) is 0. The van der Waals surface area contributed by atoms with E-state index in [0.29, 0.717) is 0 Å². The van der Waals surface area contributed by atoms with Gasteiger partial charge in [-0.3, -0.25) is 0 Å². The molecule has 0 rings (SSSR count). The summed E-state index contributed by atoms with van der Waals surface area (Å²) in [5.41, 5.74) is 4.56. The standard InChI is InChI=1S/C22H46N2O/c1-6-13-22(19-24-25-8-3)16-12-15-21(5)20(4)14-10-9-11-18-23-17-7-2/h13,20-21,23-24H,6-12,14-19H2,1-5H3/b22-13+. The molecule has 3 heteroatoms. The van der Waals surface area contributed by atoms with E-state index in [1.807, 2.05) is 6.92 Å². The Labute approximate surface area is 158 Å². The third kappa shape index (κ3) is 15.6. The highest BCUT2D eigenvalue weighted by Gasteiger charge is 2.12. The van der Waals surface area contributed by atoms with E-state index in [-0.39, 0.29) is 0 Å². The van der Waals surface area contributed by atoms with Gasteiger partial charge in [-0.15, -0.1) is 0 Å². The van der Waals surface area contributed by atoms with Crippen molar-refractivity contribution in [2.75, 3.05) is 26.2 Å². The van der Waals surface area contributed by atoms with Gasteiger partial charge in [0.15, 0.2) is 0 Å². The third-order valence-corrected chi connectivity index (χ3v) is 5.11. The van der Waals surface area contributed by atoms with E-state index in [1.54, 1.807) is 0 Å². The fourth-order valence-electron chi connectivity index (χ4n) is 3.21. The monoisotopic (exact) mass is 354 g/mol. The number of hydroxylamine groups is 1. The van der Waals surface area contributed by atoms with Gasteiger partial charge in [0.1, 0.15) is 0 Å². The Kier molecular flexibility index (Phi) is 18.1. The molecule has 2 atom stereocenters. The van der Waals surface area contributed by atoms with Crippen molar-refractivity contribution in [2.45, 2.75) is 92.4 Å². The van der Waals surface area contributed by atoms with Gasteiger partial charge in [-0.05, 0) is 64.0 Å². The zero-order valence-electron chi connectivity index (χ0n) is 17.8. The molecule has 3 nitrogen and oxygen atoms in total. The van der Waals surface area contributed by atoms with Gasteiger partial charge in [-0.1, -0.05) is 65.0 Å². The van der Waals surface area contributed by atoms with Crippen molar-refractivity contribution in [1.29, 1.82) is 0 Å². The molecule has 0 aliphatic carbocycles. The highest BCUT2D eigenvalue weighted by molar-refractivity contribution is 5.03. The van der Waals surface area contributed by atoms with E-state index >= 15 is 0 Å². The van der Waals surface area contributed by atoms with Crippen LogP contribution in [0.15, 0.2) is 11.6 Å². The van der Waals surface area contributed by atoms with Crippen LogP contribution in [0.5, 0.6) is 0 Å². The summed E-state index contributed by atoms with van der Waals surface area (Å²) >= 11 is 0. The largest absolute Gasteiger partial charge is 0.317 e. The summed E-state index contributed by atoms with van der Waals surface area (Å²) in [6.07, 6.45) is 14.0. The Hall–Kier alpha value is -0.380. The van der Waals surface area contributed by atoms with Crippen LogP contribution in [-0.2, 0) is 4.84 Å². The van der Waals surface area contributed by atoms with Gasteiger partial charge in [0.05, 0.1) is 6.61 Å². The van der Waals surface area contributed by atoms with Crippen molar-refractivity contribution in [3.8, 4) is 0 Å². The molecule has 0 saturated heterocycles. The van der Waals surface area contributed by atoms with E-state index in [2.05, 4.69) is 44.6 Å². The molecule has 2 N–H and O–H groups in total. The normalized spacial score (nSPS) is 14.7. The number of hydrogen-bond donors (Lipinski definition) is 2. The van der Waals surface area contributed by atoms with Gasteiger partial charge in [-0.2, -0.15) is 5.48 Å². The first kappa shape index (κ1) is 24.6. The Bertz CT molecular complexity index is 304. The van der Waals surface area contributed by atoms with Crippen LogP contribution in [0.4, 0.5) is 0 Å². The number of nitrogens with one attached hydrogen (secondary N) is 2. The van der Waals surface area contributed by atoms with Gasteiger partial charge in [-0.25, -0.2) is 0 Å². The maximum Gasteiger partial charge on any atom is 0.0654 e. The molecule has 150 valence electrons. The van der Waals surface area contributed by atoms with Crippen molar-refractivity contribution in [2.24, 2.45) is 11.8 Å². The number of unbranched alkanes of at least 4 members (excludes halogenated alkanes) is 2. The van der Waals surface area contributed by atoms with E-state index in [1.165, 1.54) is 70.0 Å². The van der Waals surface area contributed by atoms with E-state index in [9.17, 15) is 0 Å². The van der Waals surface area contributed by atoms with Crippen LogP contribution in [0.25, 0.3) is 0 Å². The van der Waals surface area contributed by atoms with Gasteiger partial charge < -0.3 is 10.2 Å². The summed E-state index contributed by atoms with van der Waals surface area (Å²) in [4.78, 5) is 5.27. The molecule has 0 fully saturated rings. The molecular weight excluding hydrogens is 308 g/mol. The second-order valence-corrected chi connectivity index (χ2v) is 7.47. The van der Waals surface area contributed by atoms with Crippen LogP contribution < -0.4 is 10.8 Å². The first-order valence-electron chi connectivity index (χ1n) is 10.9. The summed E-state index contributed by atoms with van der Waals surface area (Å²) in [7, 11) is 0. The molecule has 0 bridgehead atoms. The first-order chi connectivity index (χ1) is 12.2. The molecule has 0 radical (unpaired) electrons. The second kappa shape index (κ2) is 18.4. The van der Waals surface area contributed by atoms with Crippen LogP contribution in [0.2, 0.25) is 0 Å². The van der Waals surface area contributed by atoms with E-state index in [0.717, 1.165) is 31.4 Å².